The molecule has 0 radical (unpaired) electrons. The average molecular weight is 260 g/mol. The Morgan fingerprint density at radius 3 is 2.76 bits per heavy atom. The first-order chi connectivity index (χ1) is 8.07. The van der Waals surface area contributed by atoms with Crippen LogP contribution in [0.15, 0.2) is 0 Å². The van der Waals surface area contributed by atoms with Gasteiger partial charge in [-0.05, 0) is 6.42 Å². The average Bonchev–Trinajstić information content (AvgIpc) is 2.77. The first-order valence-corrected chi connectivity index (χ1v) is 7.05. The van der Waals surface area contributed by atoms with Crippen molar-refractivity contribution in [2.24, 2.45) is 0 Å². The fourth-order valence-electron chi connectivity index (χ4n) is 1.75. The van der Waals surface area contributed by atoms with Crippen molar-refractivity contribution in [1.82, 2.24) is 9.80 Å². The van der Waals surface area contributed by atoms with Crippen molar-refractivity contribution < 1.29 is 14.7 Å². The van der Waals surface area contributed by atoms with E-state index in [1.807, 2.05) is 0 Å². The zero-order chi connectivity index (χ0) is 12.8. The largest absolute Gasteiger partial charge is 0.480 e. The number of urea groups is 1. The van der Waals surface area contributed by atoms with Gasteiger partial charge in [-0.15, -0.1) is 11.8 Å². The Labute approximate surface area is 106 Å². The molecule has 1 saturated heterocycles. The predicted octanol–water partition coefficient (Wildman–Crippen LogP) is 1.69. The van der Waals surface area contributed by atoms with Gasteiger partial charge < -0.3 is 14.9 Å². The second-order valence-corrected chi connectivity index (χ2v) is 5.23. The third-order valence-corrected chi connectivity index (χ3v) is 3.85. The van der Waals surface area contributed by atoms with Crippen LogP contribution in [0.3, 0.4) is 0 Å². The number of hydrogen-bond acceptors (Lipinski definition) is 3. The molecule has 0 saturated carbocycles. The minimum Gasteiger partial charge on any atom is -0.480 e. The molecule has 1 unspecified atom stereocenters. The number of amides is 2. The summed E-state index contributed by atoms with van der Waals surface area (Å²) in [4.78, 5) is 26.1. The molecule has 1 fully saturated rings. The van der Waals surface area contributed by atoms with Crippen LogP contribution in [0.2, 0.25) is 0 Å². The highest BCUT2D eigenvalue weighted by atomic mass is 32.2. The number of carboxylic acid groups (broad SMARTS) is 1. The summed E-state index contributed by atoms with van der Waals surface area (Å²) in [5, 5.41) is 9.00. The molecule has 0 aromatic rings. The summed E-state index contributed by atoms with van der Waals surface area (Å²) >= 11 is 1.49. The van der Waals surface area contributed by atoms with Crippen LogP contribution in [0.1, 0.15) is 26.2 Å². The molecule has 0 aliphatic carbocycles. The number of aliphatic carboxylic acids is 1. The van der Waals surface area contributed by atoms with E-state index < -0.39 is 12.0 Å². The molecule has 6 heteroatoms. The molecule has 5 nitrogen and oxygen atoms in total. The first-order valence-electron chi connectivity index (χ1n) is 5.90. The summed E-state index contributed by atoms with van der Waals surface area (Å²) in [7, 11) is 1.74. The van der Waals surface area contributed by atoms with Gasteiger partial charge in [0.05, 0.1) is 5.88 Å². The molecule has 1 aliphatic rings. The lowest BCUT2D eigenvalue weighted by Gasteiger charge is -2.26. The number of carbonyl (C=O) groups excluding carboxylic acids is 1. The normalized spacial score (nSPS) is 19.4. The number of unbranched alkanes of at least 4 members (excludes halogenated alkanes) is 2. The van der Waals surface area contributed by atoms with Crippen LogP contribution in [0.25, 0.3) is 0 Å². The molecular formula is C11H20N2O3S. The highest BCUT2D eigenvalue weighted by molar-refractivity contribution is 7.99. The smallest absolute Gasteiger partial charge is 0.327 e. The van der Waals surface area contributed by atoms with Gasteiger partial charge in [0.2, 0.25) is 0 Å². The Hall–Kier alpha value is -0.910. The van der Waals surface area contributed by atoms with Crippen molar-refractivity contribution in [2.45, 2.75) is 32.2 Å². The van der Waals surface area contributed by atoms with Gasteiger partial charge >= 0.3 is 12.0 Å². The van der Waals surface area contributed by atoms with Crippen LogP contribution >= 0.6 is 11.8 Å². The third kappa shape index (κ3) is 3.80. The summed E-state index contributed by atoms with van der Waals surface area (Å²) in [6, 6.07) is -0.834. The molecule has 0 spiro atoms. The van der Waals surface area contributed by atoms with Crippen LogP contribution in [0.4, 0.5) is 4.79 Å². The van der Waals surface area contributed by atoms with Crippen molar-refractivity contribution >= 4 is 23.8 Å². The van der Waals surface area contributed by atoms with E-state index in [9.17, 15) is 9.59 Å². The Balaban J connectivity index is 2.47. The fraction of sp³-hybridized carbons (Fsp3) is 0.818. The van der Waals surface area contributed by atoms with Gasteiger partial charge in [0.25, 0.3) is 0 Å². The molecule has 0 aromatic heterocycles. The van der Waals surface area contributed by atoms with E-state index in [-0.39, 0.29) is 6.03 Å². The SMILES string of the molecule is CCCCCN(C)C(=O)N1CSCC1C(=O)O. The molecule has 1 N–H and O–H groups in total. The lowest BCUT2D eigenvalue weighted by atomic mass is 10.2. The molecule has 1 heterocycles. The van der Waals surface area contributed by atoms with Gasteiger partial charge in [-0.25, -0.2) is 9.59 Å². The molecule has 98 valence electrons. The topological polar surface area (TPSA) is 60.9 Å². The highest BCUT2D eigenvalue weighted by Gasteiger charge is 2.35. The van der Waals surface area contributed by atoms with Crippen LogP contribution in [-0.4, -0.2) is 58.2 Å². The van der Waals surface area contributed by atoms with E-state index in [0.29, 0.717) is 18.2 Å². The Kier molecular flexibility index (Phi) is 5.61. The van der Waals surface area contributed by atoms with Crippen LogP contribution < -0.4 is 0 Å². The summed E-state index contributed by atoms with van der Waals surface area (Å²) in [5.74, 6) is 0.0583. The minimum absolute atomic E-state index is 0.168. The summed E-state index contributed by atoms with van der Waals surface area (Å²) < 4.78 is 0. The lowest BCUT2D eigenvalue weighted by Crippen LogP contribution is -2.47. The van der Waals surface area contributed by atoms with Crippen molar-refractivity contribution in [3.63, 3.8) is 0 Å². The van der Waals surface area contributed by atoms with Gasteiger partial charge in [0.1, 0.15) is 6.04 Å². The van der Waals surface area contributed by atoms with Crippen molar-refractivity contribution in [2.75, 3.05) is 25.2 Å². The summed E-state index contributed by atoms with van der Waals surface area (Å²) in [6.07, 6.45) is 3.17. The van der Waals surface area contributed by atoms with Gasteiger partial charge in [-0.1, -0.05) is 19.8 Å². The Morgan fingerprint density at radius 1 is 1.47 bits per heavy atom. The molecule has 1 aliphatic heterocycles. The quantitative estimate of drug-likeness (QED) is 0.764. The van der Waals surface area contributed by atoms with Crippen LogP contribution in [0, 0.1) is 0 Å². The van der Waals surface area contributed by atoms with E-state index in [0.717, 1.165) is 19.3 Å². The molecule has 0 bridgehead atoms. The molecule has 0 aromatic carbocycles. The van der Waals surface area contributed by atoms with E-state index in [1.165, 1.54) is 16.7 Å². The molecular weight excluding hydrogens is 240 g/mol. The van der Waals surface area contributed by atoms with Crippen molar-refractivity contribution in [1.29, 1.82) is 0 Å². The number of nitrogens with zero attached hydrogens (tertiary/aromatic N) is 2. The third-order valence-electron chi connectivity index (χ3n) is 2.84. The zero-order valence-electron chi connectivity index (χ0n) is 10.4. The van der Waals surface area contributed by atoms with Gasteiger partial charge in [-0.2, -0.15) is 0 Å². The number of hydrogen-bond donors (Lipinski definition) is 1. The number of thioether (sulfide) groups is 1. The van der Waals surface area contributed by atoms with Crippen molar-refractivity contribution in [3.8, 4) is 0 Å². The van der Waals surface area contributed by atoms with E-state index in [4.69, 9.17) is 5.11 Å². The monoisotopic (exact) mass is 260 g/mol. The first kappa shape index (κ1) is 14.2. The van der Waals surface area contributed by atoms with Gasteiger partial charge in [0, 0.05) is 19.3 Å². The molecule has 2 amide bonds. The maximum atomic E-state index is 12.0. The van der Waals surface area contributed by atoms with Crippen LogP contribution in [-0.2, 0) is 4.79 Å². The lowest BCUT2D eigenvalue weighted by molar-refractivity contribution is -0.140. The van der Waals surface area contributed by atoms with Gasteiger partial charge in [0.15, 0.2) is 0 Å². The van der Waals surface area contributed by atoms with Gasteiger partial charge in [-0.3, -0.25) is 0 Å². The van der Waals surface area contributed by atoms with E-state index in [2.05, 4.69) is 6.92 Å². The molecule has 1 atom stereocenters. The van der Waals surface area contributed by atoms with E-state index in [1.54, 1.807) is 11.9 Å². The summed E-state index contributed by atoms with van der Waals surface area (Å²) in [6.45, 7) is 2.81. The number of carbonyl (C=O) groups is 2. The molecule has 1 rings (SSSR count). The standard InChI is InChI=1S/C11H20N2O3S/c1-3-4-5-6-12(2)11(16)13-8-17-7-9(13)10(14)15/h9H,3-8H2,1-2H3,(H,14,15). The minimum atomic E-state index is -0.912. The number of carboxylic acids is 1. The zero-order valence-corrected chi connectivity index (χ0v) is 11.2. The molecule has 17 heavy (non-hydrogen) atoms. The maximum Gasteiger partial charge on any atom is 0.327 e. The van der Waals surface area contributed by atoms with Crippen LogP contribution in [0.5, 0.6) is 0 Å². The number of rotatable bonds is 5. The predicted molar refractivity (Wildman–Crippen MR) is 68.1 cm³/mol. The highest BCUT2D eigenvalue weighted by Crippen LogP contribution is 2.22. The van der Waals surface area contributed by atoms with Crippen molar-refractivity contribution in [3.05, 3.63) is 0 Å². The second kappa shape index (κ2) is 6.74. The Bertz CT molecular complexity index is 286. The fourth-order valence-corrected chi connectivity index (χ4v) is 2.89. The Morgan fingerprint density at radius 2 is 2.18 bits per heavy atom. The van der Waals surface area contributed by atoms with E-state index >= 15 is 0 Å². The second-order valence-electron chi connectivity index (χ2n) is 4.23. The summed E-state index contributed by atoms with van der Waals surface area (Å²) in [5.41, 5.74) is 0. The maximum absolute atomic E-state index is 12.0.